The Morgan fingerprint density at radius 1 is 1.19 bits per heavy atom. The summed E-state index contributed by atoms with van der Waals surface area (Å²) in [6.45, 7) is 0. The topological polar surface area (TPSA) is 118 Å². The number of carboxylic acid groups (broad SMARTS) is 1. The van der Waals surface area contributed by atoms with Gasteiger partial charge in [-0.05, 0) is 18.2 Å². The van der Waals surface area contributed by atoms with Gasteiger partial charge in [0.25, 0.3) is 5.69 Å². The van der Waals surface area contributed by atoms with Gasteiger partial charge in [-0.25, -0.2) is 4.79 Å². The number of carboxylic acids is 1. The molecule has 0 aliphatic carbocycles. The Morgan fingerprint density at radius 2 is 1.86 bits per heavy atom. The van der Waals surface area contributed by atoms with Crippen molar-refractivity contribution < 1.29 is 14.8 Å². The molecule has 7 nitrogen and oxygen atoms in total. The number of nitro benzene ring substituents is 1. The van der Waals surface area contributed by atoms with Crippen LogP contribution in [-0.4, -0.2) is 16.0 Å². The maximum atomic E-state index is 11.2. The van der Waals surface area contributed by atoms with Gasteiger partial charge in [-0.1, -0.05) is 12.1 Å². The molecule has 0 fully saturated rings. The number of benzene rings is 2. The third-order valence-electron chi connectivity index (χ3n) is 2.67. The van der Waals surface area contributed by atoms with Gasteiger partial charge >= 0.3 is 5.97 Å². The first-order valence-electron chi connectivity index (χ1n) is 5.62. The molecule has 21 heavy (non-hydrogen) atoms. The lowest BCUT2D eigenvalue weighted by molar-refractivity contribution is -0.384. The first-order valence-corrected chi connectivity index (χ1v) is 5.62. The van der Waals surface area contributed by atoms with E-state index in [1.165, 1.54) is 12.1 Å². The fourth-order valence-electron chi connectivity index (χ4n) is 1.69. The second-order valence-corrected chi connectivity index (χ2v) is 4.00. The SMILES string of the molecule is Cl.Nc1ccccc1Nc1ccc([N+](=O)[O-])cc1C(=O)O. The van der Waals surface area contributed by atoms with E-state index in [-0.39, 0.29) is 29.3 Å². The van der Waals surface area contributed by atoms with Crippen LogP contribution in [0.1, 0.15) is 10.4 Å². The normalized spacial score (nSPS) is 9.52. The molecule has 0 radical (unpaired) electrons. The van der Waals surface area contributed by atoms with Crippen LogP contribution >= 0.6 is 12.4 Å². The van der Waals surface area contributed by atoms with E-state index >= 15 is 0 Å². The zero-order valence-corrected chi connectivity index (χ0v) is 11.5. The highest BCUT2D eigenvalue weighted by molar-refractivity contribution is 5.96. The van der Waals surface area contributed by atoms with E-state index in [4.69, 9.17) is 10.8 Å². The smallest absolute Gasteiger partial charge is 0.338 e. The van der Waals surface area contributed by atoms with E-state index in [0.29, 0.717) is 11.4 Å². The molecule has 0 saturated carbocycles. The number of nitro groups is 1. The molecule has 0 spiro atoms. The third kappa shape index (κ3) is 3.61. The van der Waals surface area contributed by atoms with Crippen LogP contribution in [0.2, 0.25) is 0 Å². The van der Waals surface area contributed by atoms with E-state index in [9.17, 15) is 14.9 Å². The van der Waals surface area contributed by atoms with Crippen LogP contribution in [0.5, 0.6) is 0 Å². The third-order valence-corrected chi connectivity index (χ3v) is 2.67. The van der Waals surface area contributed by atoms with E-state index in [1.807, 2.05) is 0 Å². The number of halogens is 1. The molecule has 0 aliphatic heterocycles. The molecule has 0 aromatic heterocycles. The summed E-state index contributed by atoms with van der Waals surface area (Å²) in [5.74, 6) is -1.26. The molecule has 8 heteroatoms. The van der Waals surface area contributed by atoms with Gasteiger partial charge in [0.05, 0.1) is 27.5 Å². The summed E-state index contributed by atoms with van der Waals surface area (Å²) in [6.07, 6.45) is 0. The molecule has 4 N–H and O–H groups in total. The number of carbonyl (C=O) groups is 1. The van der Waals surface area contributed by atoms with Gasteiger partial charge < -0.3 is 16.2 Å². The molecule has 0 amide bonds. The van der Waals surface area contributed by atoms with Crippen molar-refractivity contribution in [3.63, 3.8) is 0 Å². The van der Waals surface area contributed by atoms with Crippen LogP contribution < -0.4 is 11.1 Å². The number of nitrogens with two attached hydrogens (primary N) is 1. The number of nitrogens with zero attached hydrogens (tertiary/aromatic N) is 1. The molecule has 0 saturated heterocycles. The second-order valence-electron chi connectivity index (χ2n) is 4.00. The molecule has 0 heterocycles. The molecule has 2 rings (SSSR count). The van der Waals surface area contributed by atoms with Gasteiger partial charge in [0, 0.05) is 12.1 Å². The lowest BCUT2D eigenvalue weighted by Crippen LogP contribution is -2.05. The van der Waals surface area contributed by atoms with E-state index in [2.05, 4.69) is 5.32 Å². The van der Waals surface area contributed by atoms with E-state index in [0.717, 1.165) is 6.07 Å². The lowest BCUT2D eigenvalue weighted by atomic mass is 10.1. The number of non-ortho nitro benzene ring substituents is 1. The standard InChI is InChI=1S/C13H11N3O4.ClH/c14-10-3-1-2-4-12(10)15-11-6-5-8(16(19)20)7-9(11)13(17)18;/h1-7,15H,14H2,(H,17,18);1H. The van der Waals surface area contributed by atoms with Crippen molar-refractivity contribution in [1.82, 2.24) is 0 Å². The van der Waals surface area contributed by atoms with Gasteiger partial charge in [0.15, 0.2) is 0 Å². The molecule has 2 aromatic rings. The highest BCUT2D eigenvalue weighted by Gasteiger charge is 2.16. The summed E-state index contributed by atoms with van der Waals surface area (Å²) >= 11 is 0. The fourth-order valence-corrected chi connectivity index (χ4v) is 1.69. The Kier molecular flexibility index (Phi) is 5.09. The number of anilines is 3. The number of aromatic carboxylic acids is 1. The van der Waals surface area contributed by atoms with Crippen molar-refractivity contribution in [2.75, 3.05) is 11.1 Å². The Bertz CT molecular complexity index is 691. The van der Waals surface area contributed by atoms with Crippen LogP contribution in [0.15, 0.2) is 42.5 Å². The minimum atomic E-state index is -1.26. The molecule has 0 unspecified atom stereocenters. The number of hydrogen-bond donors (Lipinski definition) is 3. The predicted molar refractivity (Wildman–Crippen MR) is 81.4 cm³/mol. The zero-order chi connectivity index (χ0) is 14.7. The molecular formula is C13H12ClN3O4. The first-order chi connectivity index (χ1) is 9.49. The molecule has 0 bridgehead atoms. The highest BCUT2D eigenvalue weighted by atomic mass is 35.5. The van der Waals surface area contributed by atoms with Crippen LogP contribution in [0.4, 0.5) is 22.7 Å². The van der Waals surface area contributed by atoms with Gasteiger partial charge in [0.1, 0.15) is 0 Å². The average Bonchev–Trinajstić information content (AvgIpc) is 2.41. The van der Waals surface area contributed by atoms with Crippen molar-refractivity contribution in [3.05, 3.63) is 58.1 Å². The largest absolute Gasteiger partial charge is 0.478 e. The molecule has 0 atom stereocenters. The summed E-state index contributed by atoms with van der Waals surface area (Å²) < 4.78 is 0. The Morgan fingerprint density at radius 3 is 2.43 bits per heavy atom. The minimum absolute atomic E-state index is 0. The summed E-state index contributed by atoms with van der Waals surface area (Å²) in [6, 6.07) is 10.4. The molecule has 110 valence electrons. The highest BCUT2D eigenvalue weighted by Crippen LogP contribution is 2.27. The van der Waals surface area contributed by atoms with Crippen molar-refractivity contribution in [2.45, 2.75) is 0 Å². The van der Waals surface area contributed by atoms with Crippen molar-refractivity contribution >= 4 is 41.1 Å². The molecule has 0 aliphatic rings. The number of para-hydroxylation sites is 2. The van der Waals surface area contributed by atoms with Gasteiger partial charge in [-0.2, -0.15) is 0 Å². The Hall–Kier alpha value is -2.80. The quantitative estimate of drug-likeness (QED) is 0.454. The fraction of sp³-hybridized carbons (Fsp3) is 0. The van der Waals surface area contributed by atoms with Crippen molar-refractivity contribution in [3.8, 4) is 0 Å². The lowest BCUT2D eigenvalue weighted by Gasteiger charge is -2.11. The van der Waals surface area contributed by atoms with Crippen molar-refractivity contribution in [2.24, 2.45) is 0 Å². The minimum Gasteiger partial charge on any atom is -0.478 e. The summed E-state index contributed by atoms with van der Waals surface area (Å²) in [5, 5.41) is 22.7. The van der Waals surface area contributed by atoms with Gasteiger partial charge in [0.2, 0.25) is 0 Å². The summed E-state index contributed by atoms with van der Waals surface area (Å²) in [4.78, 5) is 21.2. The Labute approximate surface area is 126 Å². The zero-order valence-electron chi connectivity index (χ0n) is 10.6. The number of nitrogen functional groups attached to an aromatic ring is 1. The maximum Gasteiger partial charge on any atom is 0.338 e. The predicted octanol–water partition coefficient (Wildman–Crippen LogP) is 3.04. The van der Waals surface area contributed by atoms with Gasteiger partial charge in [-0.3, -0.25) is 10.1 Å². The Balaban J connectivity index is 0.00000220. The second kappa shape index (κ2) is 6.58. The van der Waals surface area contributed by atoms with Crippen molar-refractivity contribution in [1.29, 1.82) is 0 Å². The summed E-state index contributed by atoms with van der Waals surface area (Å²) in [7, 11) is 0. The van der Waals surface area contributed by atoms with Crippen LogP contribution in [0, 0.1) is 10.1 Å². The summed E-state index contributed by atoms with van der Waals surface area (Å²) in [5.41, 5.74) is 6.49. The monoisotopic (exact) mass is 309 g/mol. The average molecular weight is 310 g/mol. The number of rotatable bonds is 4. The molecular weight excluding hydrogens is 298 g/mol. The number of nitrogens with one attached hydrogen (secondary N) is 1. The maximum absolute atomic E-state index is 11.2. The van der Waals surface area contributed by atoms with E-state index < -0.39 is 10.9 Å². The first kappa shape index (κ1) is 16.3. The number of hydrogen-bond acceptors (Lipinski definition) is 5. The van der Waals surface area contributed by atoms with Crippen LogP contribution in [-0.2, 0) is 0 Å². The van der Waals surface area contributed by atoms with E-state index in [1.54, 1.807) is 24.3 Å². The molecule has 2 aromatic carbocycles. The van der Waals surface area contributed by atoms with Gasteiger partial charge in [-0.15, -0.1) is 12.4 Å². The van der Waals surface area contributed by atoms with Crippen LogP contribution in [0.25, 0.3) is 0 Å². The van der Waals surface area contributed by atoms with Crippen LogP contribution in [0.3, 0.4) is 0 Å².